The fraction of sp³-hybridized carbons (Fsp3) is 0.190. The predicted molar refractivity (Wildman–Crippen MR) is 108 cm³/mol. The summed E-state index contributed by atoms with van der Waals surface area (Å²) in [6.07, 6.45) is 2.97. The van der Waals surface area contributed by atoms with Crippen molar-refractivity contribution in [1.29, 1.82) is 0 Å². The number of nitrogens with one attached hydrogen (secondary N) is 1. The topological polar surface area (TPSA) is 97.0 Å². The molecule has 3 rings (SSSR count). The number of aliphatic imine (C=N–C) groups is 1. The normalized spacial score (nSPS) is 18.8. The van der Waals surface area contributed by atoms with Gasteiger partial charge >= 0.3 is 6.61 Å². The van der Waals surface area contributed by atoms with Gasteiger partial charge in [-0.15, -0.1) is 0 Å². The van der Waals surface area contributed by atoms with Crippen LogP contribution in [0, 0.1) is 0 Å². The van der Waals surface area contributed by atoms with E-state index in [0.29, 0.717) is 16.8 Å². The molecule has 1 heterocycles. The van der Waals surface area contributed by atoms with Gasteiger partial charge in [0.15, 0.2) is 11.5 Å². The molecule has 2 aromatic rings. The van der Waals surface area contributed by atoms with Crippen molar-refractivity contribution in [2.45, 2.75) is 19.1 Å². The maximum absolute atomic E-state index is 13.2. The Labute approximate surface area is 171 Å². The van der Waals surface area contributed by atoms with Gasteiger partial charge in [0.1, 0.15) is 5.75 Å². The summed E-state index contributed by atoms with van der Waals surface area (Å²) < 4.78 is 29.3. The molecule has 0 aromatic heterocycles. The molecule has 1 aliphatic heterocycles. The average molecular weight is 414 g/mol. The maximum atomic E-state index is 13.2. The number of amides is 2. The number of benzene rings is 2. The lowest BCUT2D eigenvalue weighted by Crippen LogP contribution is -2.41. The highest BCUT2D eigenvalue weighted by Crippen LogP contribution is 2.40. The molecule has 0 bridgehead atoms. The minimum Gasteiger partial charge on any atom is -0.435 e. The zero-order valence-corrected chi connectivity index (χ0v) is 16.3. The Bertz CT molecular complexity index is 1020. The Balaban J connectivity index is 2.09. The number of carbonyl (C=O) groups excluding carboxylic acids is 2. The molecule has 9 heteroatoms. The summed E-state index contributed by atoms with van der Waals surface area (Å²) in [5, 5.41) is 2.71. The monoisotopic (exact) mass is 414 g/mol. The van der Waals surface area contributed by atoms with Crippen molar-refractivity contribution in [3.05, 3.63) is 71.8 Å². The zero-order chi connectivity index (χ0) is 21.9. The first-order valence-corrected chi connectivity index (χ1v) is 9.01. The van der Waals surface area contributed by atoms with Gasteiger partial charge in [-0.1, -0.05) is 30.3 Å². The van der Waals surface area contributed by atoms with Gasteiger partial charge in [0.05, 0.1) is 0 Å². The van der Waals surface area contributed by atoms with Crippen molar-refractivity contribution < 1.29 is 23.1 Å². The van der Waals surface area contributed by atoms with E-state index < -0.39 is 18.1 Å². The van der Waals surface area contributed by atoms with Crippen LogP contribution in [0.5, 0.6) is 5.75 Å². The molecule has 0 saturated carbocycles. The van der Waals surface area contributed by atoms with E-state index >= 15 is 0 Å². The van der Waals surface area contributed by atoms with E-state index in [-0.39, 0.29) is 17.6 Å². The summed E-state index contributed by atoms with van der Waals surface area (Å²) >= 11 is 0. The molecular formula is C21H20F2N4O3. The number of halogens is 2. The third kappa shape index (κ3) is 3.86. The number of nitrogens with two attached hydrogens (primary N) is 1. The fourth-order valence-electron chi connectivity index (χ4n) is 3.22. The first-order valence-electron chi connectivity index (χ1n) is 9.01. The third-order valence-electron chi connectivity index (χ3n) is 4.60. The maximum Gasteiger partial charge on any atom is 0.387 e. The molecule has 0 radical (unpaired) electrons. The van der Waals surface area contributed by atoms with Crippen LogP contribution in [0.3, 0.4) is 0 Å². The molecule has 3 N–H and O–H groups in total. The van der Waals surface area contributed by atoms with Crippen LogP contribution < -0.4 is 15.8 Å². The predicted octanol–water partition coefficient (Wildman–Crippen LogP) is 2.83. The molecule has 30 heavy (non-hydrogen) atoms. The lowest BCUT2D eigenvalue weighted by Gasteiger charge is -2.26. The van der Waals surface area contributed by atoms with Gasteiger partial charge in [-0.05, 0) is 48.4 Å². The van der Waals surface area contributed by atoms with Gasteiger partial charge in [0.25, 0.3) is 5.91 Å². The van der Waals surface area contributed by atoms with E-state index in [4.69, 9.17) is 5.73 Å². The number of carbonyl (C=O) groups is 2. The van der Waals surface area contributed by atoms with Crippen LogP contribution in [0.2, 0.25) is 0 Å². The SMILES string of the molecule is C/C=C/C(=O)Nc1cccc(C2(c3ccc(OC(F)F)cc3)N=C(N)N(C)C2=O)c1. The van der Waals surface area contributed by atoms with Crippen molar-refractivity contribution in [1.82, 2.24) is 4.90 Å². The Hall–Kier alpha value is -3.75. The average Bonchev–Trinajstić information content (AvgIpc) is 2.93. The molecule has 2 aromatic carbocycles. The van der Waals surface area contributed by atoms with Crippen molar-refractivity contribution in [3.63, 3.8) is 0 Å². The highest BCUT2D eigenvalue weighted by Gasteiger charge is 2.49. The van der Waals surface area contributed by atoms with Crippen LogP contribution in [0.25, 0.3) is 0 Å². The van der Waals surface area contributed by atoms with Crippen molar-refractivity contribution in [2.75, 3.05) is 12.4 Å². The number of rotatable bonds is 6. The number of guanidine groups is 1. The second kappa shape index (κ2) is 8.32. The summed E-state index contributed by atoms with van der Waals surface area (Å²) in [6.45, 7) is -1.24. The summed E-state index contributed by atoms with van der Waals surface area (Å²) in [4.78, 5) is 30.8. The van der Waals surface area contributed by atoms with Gasteiger partial charge in [-0.25, -0.2) is 4.99 Å². The number of allylic oxidation sites excluding steroid dienone is 1. The Morgan fingerprint density at radius 3 is 2.50 bits per heavy atom. The van der Waals surface area contributed by atoms with Gasteiger partial charge in [-0.2, -0.15) is 8.78 Å². The smallest absolute Gasteiger partial charge is 0.387 e. The first kappa shape index (κ1) is 21.0. The largest absolute Gasteiger partial charge is 0.435 e. The minimum absolute atomic E-state index is 0.0104. The summed E-state index contributed by atoms with van der Waals surface area (Å²) in [6, 6.07) is 12.3. The molecular weight excluding hydrogens is 394 g/mol. The van der Waals surface area contributed by atoms with E-state index in [1.54, 1.807) is 37.3 Å². The van der Waals surface area contributed by atoms with Crippen molar-refractivity contribution in [2.24, 2.45) is 10.7 Å². The number of alkyl halides is 2. The molecule has 1 aliphatic rings. The van der Waals surface area contributed by atoms with Crippen LogP contribution in [0.1, 0.15) is 18.1 Å². The van der Waals surface area contributed by atoms with Crippen LogP contribution in [0.15, 0.2) is 65.7 Å². The number of ether oxygens (including phenoxy) is 1. The van der Waals surface area contributed by atoms with Crippen LogP contribution in [-0.2, 0) is 15.1 Å². The number of likely N-dealkylation sites (N-methyl/N-ethyl adjacent to an activating group) is 1. The second-order valence-electron chi connectivity index (χ2n) is 6.52. The Morgan fingerprint density at radius 1 is 1.23 bits per heavy atom. The number of hydrogen-bond acceptors (Lipinski definition) is 5. The van der Waals surface area contributed by atoms with E-state index in [1.165, 1.54) is 42.3 Å². The Morgan fingerprint density at radius 2 is 1.93 bits per heavy atom. The molecule has 1 unspecified atom stereocenters. The summed E-state index contributed by atoms with van der Waals surface area (Å²) in [7, 11) is 1.49. The molecule has 0 saturated heterocycles. The first-order chi connectivity index (χ1) is 14.3. The molecule has 1 atom stereocenters. The van der Waals surface area contributed by atoms with Crippen molar-refractivity contribution >= 4 is 23.5 Å². The Kier molecular flexibility index (Phi) is 5.81. The zero-order valence-electron chi connectivity index (χ0n) is 16.3. The molecule has 0 spiro atoms. The standard InChI is InChI=1S/C21H20F2N4O3/c1-3-5-17(28)25-15-7-4-6-14(12-15)21(18(29)27(2)20(24)26-21)13-8-10-16(11-9-13)30-19(22)23/h3-12,19H,1-2H3,(H2,24,26)(H,25,28)/b5-3+. The van der Waals surface area contributed by atoms with E-state index in [9.17, 15) is 18.4 Å². The van der Waals surface area contributed by atoms with E-state index in [2.05, 4.69) is 15.0 Å². The van der Waals surface area contributed by atoms with Crippen LogP contribution in [0.4, 0.5) is 14.5 Å². The molecule has 0 fully saturated rings. The molecule has 156 valence electrons. The van der Waals surface area contributed by atoms with Crippen LogP contribution in [-0.4, -0.2) is 36.3 Å². The quantitative estimate of drug-likeness (QED) is 0.711. The second-order valence-corrected chi connectivity index (χ2v) is 6.52. The summed E-state index contributed by atoms with van der Waals surface area (Å²) in [5.74, 6) is -0.780. The van der Waals surface area contributed by atoms with Crippen LogP contribution >= 0.6 is 0 Å². The van der Waals surface area contributed by atoms with E-state index in [1.807, 2.05) is 0 Å². The lowest BCUT2D eigenvalue weighted by atomic mass is 9.82. The van der Waals surface area contributed by atoms with Gasteiger partial charge in [-0.3, -0.25) is 14.5 Å². The van der Waals surface area contributed by atoms with Gasteiger partial charge < -0.3 is 15.8 Å². The highest BCUT2D eigenvalue weighted by molar-refractivity contribution is 6.09. The number of nitrogens with zero attached hydrogens (tertiary/aromatic N) is 2. The highest BCUT2D eigenvalue weighted by atomic mass is 19.3. The third-order valence-corrected chi connectivity index (χ3v) is 4.60. The molecule has 7 nitrogen and oxygen atoms in total. The van der Waals surface area contributed by atoms with Gasteiger partial charge in [0, 0.05) is 12.7 Å². The molecule has 0 aliphatic carbocycles. The van der Waals surface area contributed by atoms with Gasteiger partial charge in [0.2, 0.25) is 5.91 Å². The number of anilines is 1. The lowest BCUT2D eigenvalue weighted by molar-refractivity contribution is -0.129. The minimum atomic E-state index is -2.96. The summed E-state index contributed by atoms with van der Waals surface area (Å²) in [5.41, 5.74) is 5.74. The van der Waals surface area contributed by atoms with Crippen molar-refractivity contribution in [3.8, 4) is 5.75 Å². The molecule has 2 amide bonds. The van der Waals surface area contributed by atoms with E-state index in [0.717, 1.165) is 0 Å². The fourth-order valence-corrected chi connectivity index (χ4v) is 3.22. The number of hydrogen-bond donors (Lipinski definition) is 2.